The Hall–Kier alpha value is -2.12. The van der Waals surface area contributed by atoms with Crippen molar-refractivity contribution in [2.75, 3.05) is 51.2 Å². The second-order valence-corrected chi connectivity index (χ2v) is 9.12. The molecule has 3 fully saturated rings. The summed E-state index contributed by atoms with van der Waals surface area (Å²) in [5.41, 5.74) is 1.86. The molecule has 0 bridgehead atoms. The highest BCUT2D eigenvalue weighted by atomic mass is 16.5. The molecule has 1 aliphatic carbocycles. The zero-order valence-corrected chi connectivity index (χ0v) is 17.9. The van der Waals surface area contributed by atoms with Gasteiger partial charge in [0.2, 0.25) is 5.91 Å². The van der Waals surface area contributed by atoms with Gasteiger partial charge < -0.3 is 25.2 Å². The molecule has 1 aromatic rings. The van der Waals surface area contributed by atoms with Gasteiger partial charge in [0, 0.05) is 31.9 Å². The third kappa shape index (κ3) is 6.19. The van der Waals surface area contributed by atoms with Crippen LogP contribution in [0.1, 0.15) is 31.2 Å². The lowest BCUT2D eigenvalue weighted by Gasteiger charge is -2.38. The fourth-order valence-corrected chi connectivity index (χ4v) is 4.41. The van der Waals surface area contributed by atoms with Crippen molar-refractivity contribution in [1.82, 2.24) is 15.1 Å². The Labute approximate surface area is 179 Å². The van der Waals surface area contributed by atoms with E-state index in [0.29, 0.717) is 19.0 Å². The van der Waals surface area contributed by atoms with E-state index in [2.05, 4.69) is 15.5 Å². The van der Waals surface area contributed by atoms with Gasteiger partial charge in [-0.2, -0.15) is 0 Å². The van der Waals surface area contributed by atoms with Crippen LogP contribution in [0.5, 0.6) is 0 Å². The maximum absolute atomic E-state index is 12.3. The number of rotatable bonds is 7. The molecule has 1 aromatic carbocycles. The first-order chi connectivity index (χ1) is 14.5. The zero-order chi connectivity index (χ0) is 20.9. The molecule has 2 aliphatic heterocycles. The molecule has 30 heavy (non-hydrogen) atoms. The average Bonchev–Trinajstić information content (AvgIpc) is 3.54. The Morgan fingerprint density at radius 1 is 1.13 bits per heavy atom. The summed E-state index contributed by atoms with van der Waals surface area (Å²) in [6, 6.07) is 7.43. The number of hydrogen-bond acceptors (Lipinski definition) is 4. The number of morpholine rings is 1. The molecule has 0 spiro atoms. The highest BCUT2D eigenvalue weighted by Crippen LogP contribution is 2.31. The minimum absolute atomic E-state index is 0.0656. The molecule has 2 saturated heterocycles. The Bertz CT molecular complexity index is 744. The van der Waals surface area contributed by atoms with Crippen molar-refractivity contribution >= 4 is 17.6 Å². The van der Waals surface area contributed by atoms with Crippen molar-refractivity contribution in [2.24, 2.45) is 11.8 Å². The second kappa shape index (κ2) is 9.79. The molecule has 0 radical (unpaired) electrons. The number of anilines is 1. The molecule has 7 nitrogen and oxygen atoms in total. The predicted octanol–water partition coefficient (Wildman–Crippen LogP) is 2.47. The molecule has 1 saturated carbocycles. The van der Waals surface area contributed by atoms with Crippen LogP contribution >= 0.6 is 0 Å². The molecule has 1 atom stereocenters. The van der Waals surface area contributed by atoms with Crippen LogP contribution in [0.25, 0.3) is 0 Å². The van der Waals surface area contributed by atoms with Gasteiger partial charge in [-0.25, -0.2) is 4.79 Å². The summed E-state index contributed by atoms with van der Waals surface area (Å²) in [5.74, 6) is 1.58. The van der Waals surface area contributed by atoms with Gasteiger partial charge in [0.1, 0.15) is 6.61 Å². The van der Waals surface area contributed by atoms with Gasteiger partial charge in [0.25, 0.3) is 0 Å². The summed E-state index contributed by atoms with van der Waals surface area (Å²) in [7, 11) is 0. The SMILES string of the molecule is Cc1cccc(NC(=O)NC[C@@H]2CN(CC3CCN(CC4CC4)CC3)C(=O)CO2)c1. The fraction of sp³-hybridized carbons (Fsp3) is 0.652. The summed E-state index contributed by atoms with van der Waals surface area (Å²) < 4.78 is 5.66. The number of carbonyl (C=O) groups excluding carboxylic acids is 2. The van der Waals surface area contributed by atoms with Gasteiger partial charge in [-0.3, -0.25) is 4.79 Å². The standard InChI is InChI=1S/C23H34N4O3/c1-17-3-2-4-20(11-17)25-23(29)24-12-21-15-27(22(28)16-30-21)14-19-7-9-26(10-8-19)13-18-5-6-18/h2-4,11,18-19,21H,5-10,12-16H2,1H3,(H2,24,25,29)/t21-/m1/s1. The molecule has 3 amide bonds. The van der Waals surface area contributed by atoms with Crippen LogP contribution in [0.15, 0.2) is 24.3 Å². The molecule has 4 rings (SSSR count). The minimum Gasteiger partial charge on any atom is -0.365 e. The van der Waals surface area contributed by atoms with E-state index in [9.17, 15) is 9.59 Å². The smallest absolute Gasteiger partial charge is 0.319 e. The number of carbonyl (C=O) groups is 2. The van der Waals surface area contributed by atoms with Gasteiger partial charge >= 0.3 is 6.03 Å². The van der Waals surface area contributed by atoms with Gasteiger partial charge in [-0.1, -0.05) is 12.1 Å². The number of nitrogens with zero attached hydrogens (tertiary/aromatic N) is 2. The average molecular weight is 415 g/mol. The van der Waals surface area contributed by atoms with Crippen LogP contribution < -0.4 is 10.6 Å². The third-order valence-electron chi connectivity index (χ3n) is 6.38. The van der Waals surface area contributed by atoms with Crippen LogP contribution in [0.4, 0.5) is 10.5 Å². The molecule has 164 valence electrons. The van der Waals surface area contributed by atoms with E-state index >= 15 is 0 Å². The number of piperidine rings is 1. The van der Waals surface area contributed by atoms with E-state index < -0.39 is 0 Å². The van der Waals surface area contributed by atoms with E-state index in [4.69, 9.17) is 4.74 Å². The normalized spacial score (nSPS) is 23.4. The van der Waals surface area contributed by atoms with Crippen molar-refractivity contribution in [3.05, 3.63) is 29.8 Å². The largest absolute Gasteiger partial charge is 0.365 e. The third-order valence-corrected chi connectivity index (χ3v) is 6.38. The number of urea groups is 1. The van der Waals surface area contributed by atoms with E-state index in [-0.39, 0.29) is 24.6 Å². The van der Waals surface area contributed by atoms with E-state index in [1.807, 2.05) is 36.1 Å². The van der Waals surface area contributed by atoms with Crippen LogP contribution in [0.3, 0.4) is 0 Å². The van der Waals surface area contributed by atoms with Crippen LogP contribution in [0, 0.1) is 18.8 Å². The molecule has 3 aliphatic rings. The van der Waals surface area contributed by atoms with Gasteiger partial charge in [0.05, 0.1) is 6.10 Å². The molecular weight excluding hydrogens is 380 g/mol. The number of benzene rings is 1. The summed E-state index contributed by atoms with van der Waals surface area (Å²) in [4.78, 5) is 29.0. The number of hydrogen-bond donors (Lipinski definition) is 2. The lowest BCUT2D eigenvalue weighted by Crippen LogP contribution is -2.52. The lowest BCUT2D eigenvalue weighted by molar-refractivity contribution is -0.149. The summed E-state index contributed by atoms with van der Waals surface area (Å²) in [5, 5.41) is 5.71. The first-order valence-electron chi connectivity index (χ1n) is 11.3. The van der Waals surface area contributed by atoms with Crippen molar-refractivity contribution in [1.29, 1.82) is 0 Å². The Balaban J connectivity index is 1.18. The van der Waals surface area contributed by atoms with Crippen molar-refractivity contribution in [3.8, 4) is 0 Å². The first kappa shape index (κ1) is 21.1. The van der Waals surface area contributed by atoms with Crippen molar-refractivity contribution < 1.29 is 14.3 Å². The highest BCUT2D eigenvalue weighted by Gasteiger charge is 2.31. The highest BCUT2D eigenvalue weighted by molar-refractivity contribution is 5.89. The Kier molecular flexibility index (Phi) is 6.89. The van der Waals surface area contributed by atoms with Gasteiger partial charge in [0.15, 0.2) is 0 Å². The molecule has 2 heterocycles. The van der Waals surface area contributed by atoms with Crippen molar-refractivity contribution in [3.63, 3.8) is 0 Å². The van der Waals surface area contributed by atoms with Gasteiger partial charge in [-0.15, -0.1) is 0 Å². The Morgan fingerprint density at radius 2 is 1.90 bits per heavy atom. The summed E-state index contributed by atoms with van der Waals surface area (Å²) >= 11 is 0. The topological polar surface area (TPSA) is 73.9 Å². The van der Waals surface area contributed by atoms with Gasteiger partial charge in [-0.05, 0) is 75.2 Å². The fourth-order valence-electron chi connectivity index (χ4n) is 4.41. The molecule has 0 aromatic heterocycles. The number of nitrogens with one attached hydrogen (secondary N) is 2. The van der Waals surface area contributed by atoms with E-state index in [1.54, 1.807) is 0 Å². The maximum atomic E-state index is 12.3. The lowest BCUT2D eigenvalue weighted by atomic mass is 9.95. The summed E-state index contributed by atoms with van der Waals surface area (Å²) in [6.45, 7) is 7.42. The predicted molar refractivity (Wildman–Crippen MR) is 116 cm³/mol. The molecular formula is C23H34N4O3. The molecule has 7 heteroatoms. The van der Waals surface area contributed by atoms with E-state index in [1.165, 1.54) is 32.2 Å². The van der Waals surface area contributed by atoms with Crippen LogP contribution in [-0.4, -0.2) is 73.7 Å². The number of ether oxygens (including phenoxy) is 1. The Morgan fingerprint density at radius 3 is 2.63 bits per heavy atom. The number of aryl methyl sites for hydroxylation is 1. The second-order valence-electron chi connectivity index (χ2n) is 9.12. The van der Waals surface area contributed by atoms with E-state index in [0.717, 1.165) is 36.8 Å². The summed E-state index contributed by atoms with van der Waals surface area (Å²) in [6.07, 6.45) is 4.97. The zero-order valence-electron chi connectivity index (χ0n) is 17.9. The maximum Gasteiger partial charge on any atom is 0.319 e. The molecule has 0 unspecified atom stereocenters. The number of amides is 3. The quantitative estimate of drug-likeness (QED) is 0.719. The minimum atomic E-state index is -0.254. The van der Waals surface area contributed by atoms with Crippen molar-refractivity contribution in [2.45, 2.75) is 38.7 Å². The monoisotopic (exact) mass is 414 g/mol. The first-order valence-corrected chi connectivity index (χ1v) is 11.3. The van der Waals surface area contributed by atoms with Crippen LogP contribution in [0.2, 0.25) is 0 Å². The molecule has 2 N–H and O–H groups in total. The number of likely N-dealkylation sites (tertiary alicyclic amines) is 1. The van der Waals surface area contributed by atoms with Crippen LogP contribution in [-0.2, 0) is 9.53 Å².